The number of aromatic nitrogens is 3. The molecular weight excluding hydrogens is 268 g/mol. The summed E-state index contributed by atoms with van der Waals surface area (Å²) in [4.78, 5) is 4.26. The van der Waals surface area contributed by atoms with Gasteiger partial charge in [-0.15, -0.1) is 0 Å². The second-order valence-corrected chi connectivity index (χ2v) is 4.37. The van der Waals surface area contributed by atoms with E-state index in [1.54, 1.807) is 10.9 Å². The van der Waals surface area contributed by atoms with E-state index in [1.807, 2.05) is 26.1 Å². The zero-order chi connectivity index (χ0) is 11.7. The molecule has 0 aliphatic carbocycles. The SMILES string of the molecule is Cc1cc(-n2cc(Br)cn2)c(C#N)c(C)n1. The monoisotopic (exact) mass is 276 g/mol. The standard InChI is InChI=1S/C11H9BrN4/c1-7-3-11(10(4-13)8(2)15-7)16-6-9(12)5-14-16/h3,5-6H,1-2H3. The van der Waals surface area contributed by atoms with Crippen LogP contribution in [0.4, 0.5) is 0 Å². The summed E-state index contributed by atoms with van der Waals surface area (Å²) < 4.78 is 2.55. The molecule has 2 aromatic heterocycles. The van der Waals surface area contributed by atoms with Crippen molar-refractivity contribution in [3.05, 3.63) is 39.9 Å². The molecular formula is C11H9BrN4. The average Bonchev–Trinajstić information content (AvgIpc) is 2.63. The molecule has 4 nitrogen and oxygen atoms in total. The third-order valence-corrected chi connectivity index (χ3v) is 2.63. The molecule has 2 aromatic rings. The zero-order valence-corrected chi connectivity index (χ0v) is 10.5. The third-order valence-electron chi connectivity index (χ3n) is 2.22. The average molecular weight is 277 g/mol. The number of hydrogen-bond acceptors (Lipinski definition) is 3. The third kappa shape index (κ3) is 1.84. The van der Waals surface area contributed by atoms with Gasteiger partial charge in [0.25, 0.3) is 0 Å². The highest BCUT2D eigenvalue weighted by molar-refractivity contribution is 9.10. The highest BCUT2D eigenvalue weighted by Gasteiger charge is 2.10. The van der Waals surface area contributed by atoms with Gasteiger partial charge in [-0.25, -0.2) is 4.68 Å². The molecule has 0 bridgehead atoms. The predicted octanol–water partition coefficient (Wildman–Crippen LogP) is 2.52. The van der Waals surface area contributed by atoms with Crippen molar-refractivity contribution < 1.29 is 0 Å². The normalized spacial score (nSPS) is 10.1. The van der Waals surface area contributed by atoms with Crippen LogP contribution in [0.3, 0.4) is 0 Å². The topological polar surface area (TPSA) is 54.5 Å². The van der Waals surface area contributed by atoms with Crippen LogP contribution in [0.5, 0.6) is 0 Å². The van der Waals surface area contributed by atoms with E-state index in [9.17, 15) is 0 Å². The Morgan fingerprint density at radius 2 is 2.19 bits per heavy atom. The number of hydrogen-bond donors (Lipinski definition) is 0. The lowest BCUT2D eigenvalue weighted by molar-refractivity contribution is 0.866. The fraction of sp³-hybridized carbons (Fsp3) is 0.182. The van der Waals surface area contributed by atoms with E-state index < -0.39 is 0 Å². The lowest BCUT2D eigenvalue weighted by Gasteiger charge is -2.07. The minimum absolute atomic E-state index is 0.557. The Hall–Kier alpha value is -1.67. The molecule has 0 spiro atoms. The van der Waals surface area contributed by atoms with Gasteiger partial charge in [-0.1, -0.05) is 0 Å². The molecule has 16 heavy (non-hydrogen) atoms. The van der Waals surface area contributed by atoms with Gasteiger partial charge < -0.3 is 0 Å². The number of halogens is 1. The van der Waals surface area contributed by atoms with E-state index in [0.29, 0.717) is 5.56 Å². The zero-order valence-electron chi connectivity index (χ0n) is 8.90. The summed E-state index contributed by atoms with van der Waals surface area (Å²) >= 11 is 3.33. The van der Waals surface area contributed by atoms with Crippen molar-refractivity contribution in [3.8, 4) is 11.8 Å². The van der Waals surface area contributed by atoms with Gasteiger partial charge in [0.15, 0.2) is 0 Å². The van der Waals surface area contributed by atoms with Crippen molar-refractivity contribution >= 4 is 15.9 Å². The Balaban J connectivity index is 2.69. The molecule has 0 atom stereocenters. The lowest BCUT2D eigenvalue weighted by atomic mass is 10.1. The fourth-order valence-corrected chi connectivity index (χ4v) is 1.85. The maximum absolute atomic E-state index is 9.12. The van der Waals surface area contributed by atoms with Gasteiger partial charge in [0.2, 0.25) is 0 Å². The molecule has 0 amide bonds. The summed E-state index contributed by atoms with van der Waals surface area (Å²) in [5.41, 5.74) is 2.92. The van der Waals surface area contributed by atoms with E-state index in [1.165, 1.54) is 0 Å². The minimum atomic E-state index is 0.557. The van der Waals surface area contributed by atoms with Gasteiger partial charge in [-0.3, -0.25) is 4.98 Å². The van der Waals surface area contributed by atoms with Crippen molar-refractivity contribution in [2.24, 2.45) is 0 Å². The van der Waals surface area contributed by atoms with Crippen molar-refractivity contribution in [3.63, 3.8) is 0 Å². The lowest BCUT2D eigenvalue weighted by Crippen LogP contribution is -2.02. The molecule has 0 saturated carbocycles. The van der Waals surface area contributed by atoms with Gasteiger partial charge in [-0.2, -0.15) is 10.4 Å². The van der Waals surface area contributed by atoms with Gasteiger partial charge in [-0.05, 0) is 35.8 Å². The second kappa shape index (κ2) is 4.06. The first-order chi connectivity index (χ1) is 7.61. The Kier molecular flexibility index (Phi) is 2.75. The Bertz CT molecular complexity index is 580. The van der Waals surface area contributed by atoms with Crippen LogP contribution in [0.2, 0.25) is 0 Å². The first-order valence-electron chi connectivity index (χ1n) is 4.70. The van der Waals surface area contributed by atoms with Crippen molar-refractivity contribution in [1.82, 2.24) is 14.8 Å². The summed E-state index contributed by atoms with van der Waals surface area (Å²) in [5, 5.41) is 13.3. The highest BCUT2D eigenvalue weighted by Crippen LogP contribution is 2.19. The summed E-state index contributed by atoms with van der Waals surface area (Å²) in [6.45, 7) is 3.73. The van der Waals surface area contributed by atoms with Gasteiger partial charge >= 0.3 is 0 Å². The van der Waals surface area contributed by atoms with Crippen LogP contribution < -0.4 is 0 Å². The molecule has 0 radical (unpaired) electrons. The van der Waals surface area contributed by atoms with Crippen LogP contribution in [-0.4, -0.2) is 14.8 Å². The van der Waals surface area contributed by atoms with Crippen molar-refractivity contribution in [1.29, 1.82) is 5.26 Å². The number of aryl methyl sites for hydroxylation is 2. The number of nitriles is 1. The van der Waals surface area contributed by atoms with Crippen LogP contribution in [0.15, 0.2) is 22.9 Å². The van der Waals surface area contributed by atoms with E-state index in [0.717, 1.165) is 21.5 Å². The number of rotatable bonds is 1. The maximum Gasteiger partial charge on any atom is 0.103 e. The van der Waals surface area contributed by atoms with Gasteiger partial charge in [0.1, 0.15) is 6.07 Å². The smallest absolute Gasteiger partial charge is 0.103 e. The maximum atomic E-state index is 9.12. The summed E-state index contributed by atoms with van der Waals surface area (Å²) in [7, 11) is 0. The highest BCUT2D eigenvalue weighted by atomic mass is 79.9. The minimum Gasteiger partial charge on any atom is -0.257 e. The first kappa shape index (κ1) is 10.8. The van der Waals surface area contributed by atoms with Gasteiger partial charge in [0, 0.05) is 11.9 Å². The molecule has 0 aliphatic rings. The van der Waals surface area contributed by atoms with E-state index >= 15 is 0 Å². The molecule has 0 fully saturated rings. The van der Waals surface area contributed by atoms with Crippen LogP contribution in [0.25, 0.3) is 5.69 Å². The Labute approximate surface area is 102 Å². The molecule has 2 heterocycles. The Morgan fingerprint density at radius 3 is 2.75 bits per heavy atom. The van der Waals surface area contributed by atoms with E-state index in [2.05, 4.69) is 32.1 Å². The quantitative estimate of drug-likeness (QED) is 0.804. The predicted molar refractivity (Wildman–Crippen MR) is 63.2 cm³/mol. The van der Waals surface area contributed by atoms with Crippen LogP contribution in [0, 0.1) is 25.2 Å². The largest absolute Gasteiger partial charge is 0.257 e. The Morgan fingerprint density at radius 1 is 1.44 bits per heavy atom. The number of pyridine rings is 1. The van der Waals surface area contributed by atoms with Crippen LogP contribution in [0.1, 0.15) is 17.0 Å². The molecule has 0 aromatic carbocycles. The molecule has 2 rings (SSSR count). The van der Waals surface area contributed by atoms with E-state index in [4.69, 9.17) is 5.26 Å². The number of nitrogens with zero attached hydrogens (tertiary/aromatic N) is 4. The van der Waals surface area contributed by atoms with Crippen molar-refractivity contribution in [2.45, 2.75) is 13.8 Å². The van der Waals surface area contributed by atoms with Gasteiger partial charge in [0.05, 0.1) is 27.6 Å². The fourth-order valence-electron chi connectivity index (χ4n) is 1.56. The van der Waals surface area contributed by atoms with E-state index in [-0.39, 0.29) is 0 Å². The molecule has 0 unspecified atom stereocenters. The van der Waals surface area contributed by atoms with Crippen LogP contribution in [-0.2, 0) is 0 Å². The summed E-state index contributed by atoms with van der Waals surface area (Å²) in [6, 6.07) is 4.01. The summed E-state index contributed by atoms with van der Waals surface area (Å²) in [5.74, 6) is 0. The van der Waals surface area contributed by atoms with Crippen LogP contribution >= 0.6 is 15.9 Å². The molecule has 0 N–H and O–H groups in total. The molecule has 0 aliphatic heterocycles. The molecule has 80 valence electrons. The first-order valence-corrected chi connectivity index (χ1v) is 5.50. The second-order valence-electron chi connectivity index (χ2n) is 3.46. The molecule has 5 heteroatoms. The van der Waals surface area contributed by atoms with Crippen molar-refractivity contribution in [2.75, 3.05) is 0 Å². The molecule has 0 saturated heterocycles. The summed E-state index contributed by atoms with van der Waals surface area (Å²) in [6.07, 6.45) is 3.50.